The SMILES string of the molecule is CCOCCNC(=O)c1nc(N[C@H]2CCCC[C@H]2NC(C)=N)c2cc(C)ccc2n1. The molecule has 3 rings (SSSR count). The van der Waals surface area contributed by atoms with E-state index in [-0.39, 0.29) is 23.8 Å². The molecule has 2 atom stereocenters. The van der Waals surface area contributed by atoms with Crippen LogP contribution in [0.4, 0.5) is 5.82 Å². The molecule has 0 saturated heterocycles. The molecule has 0 radical (unpaired) electrons. The van der Waals surface area contributed by atoms with Crippen molar-refractivity contribution in [1.29, 1.82) is 5.41 Å². The van der Waals surface area contributed by atoms with E-state index in [1.54, 1.807) is 6.92 Å². The average molecular weight is 413 g/mol. The molecule has 8 heteroatoms. The Bertz CT molecular complexity index is 901. The van der Waals surface area contributed by atoms with Crippen molar-refractivity contribution in [2.24, 2.45) is 0 Å². The van der Waals surface area contributed by atoms with Gasteiger partial charge in [-0.3, -0.25) is 10.2 Å². The summed E-state index contributed by atoms with van der Waals surface area (Å²) in [6.45, 7) is 7.19. The van der Waals surface area contributed by atoms with Gasteiger partial charge >= 0.3 is 0 Å². The zero-order chi connectivity index (χ0) is 21.5. The Morgan fingerprint density at radius 3 is 2.73 bits per heavy atom. The molecule has 0 spiro atoms. The molecule has 1 aliphatic carbocycles. The van der Waals surface area contributed by atoms with Crippen molar-refractivity contribution >= 4 is 28.5 Å². The molecule has 0 unspecified atom stereocenters. The Hall–Kier alpha value is -2.74. The number of nitrogens with one attached hydrogen (secondary N) is 4. The molecule has 1 saturated carbocycles. The number of hydrogen-bond donors (Lipinski definition) is 4. The molecular formula is C22H32N6O2. The summed E-state index contributed by atoms with van der Waals surface area (Å²) in [6.07, 6.45) is 4.25. The smallest absolute Gasteiger partial charge is 0.289 e. The zero-order valence-corrected chi connectivity index (χ0v) is 18.0. The molecule has 1 aliphatic rings. The number of amides is 1. The van der Waals surface area contributed by atoms with Crippen molar-refractivity contribution in [2.45, 2.75) is 58.5 Å². The fourth-order valence-corrected chi connectivity index (χ4v) is 3.84. The summed E-state index contributed by atoms with van der Waals surface area (Å²) in [6, 6.07) is 6.24. The van der Waals surface area contributed by atoms with Crippen LogP contribution in [-0.4, -0.2) is 53.6 Å². The van der Waals surface area contributed by atoms with E-state index in [0.29, 0.717) is 31.4 Å². The molecule has 1 aromatic carbocycles. The van der Waals surface area contributed by atoms with Gasteiger partial charge in [0, 0.05) is 30.6 Å². The van der Waals surface area contributed by atoms with Gasteiger partial charge in [-0.05, 0) is 45.7 Å². The van der Waals surface area contributed by atoms with Gasteiger partial charge in [0.15, 0.2) is 0 Å². The zero-order valence-electron chi connectivity index (χ0n) is 18.0. The Morgan fingerprint density at radius 2 is 2.00 bits per heavy atom. The minimum absolute atomic E-state index is 0.131. The van der Waals surface area contributed by atoms with Crippen LogP contribution in [-0.2, 0) is 4.74 Å². The van der Waals surface area contributed by atoms with E-state index >= 15 is 0 Å². The summed E-state index contributed by atoms with van der Waals surface area (Å²) in [7, 11) is 0. The summed E-state index contributed by atoms with van der Waals surface area (Å²) in [5.41, 5.74) is 1.84. The summed E-state index contributed by atoms with van der Waals surface area (Å²) in [5, 5.41) is 18.4. The third kappa shape index (κ3) is 5.66. The van der Waals surface area contributed by atoms with Crippen LogP contribution in [0.25, 0.3) is 10.9 Å². The lowest BCUT2D eigenvalue weighted by atomic mass is 9.90. The predicted molar refractivity (Wildman–Crippen MR) is 119 cm³/mol. The van der Waals surface area contributed by atoms with Crippen LogP contribution in [0.5, 0.6) is 0 Å². The second-order valence-corrected chi connectivity index (χ2v) is 7.78. The van der Waals surface area contributed by atoms with Crippen LogP contribution in [0.15, 0.2) is 18.2 Å². The van der Waals surface area contributed by atoms with Crippen molar-refractivity contribution in [3.63, 3.8) is 0 Å². The fourth-order valence-electron chi connectivity index (χ4n) is 3.84. The Balaban J connectivity index is 1.88. The first-order valence-corrected chi connectivity index (χ1v) is 10.7. The lowest BCUT2D eigenvalue weighted by molar-refractivity contribution is 0.0913. The number of anilines is 1. The Labute approximate surface area is 177 Å². The molecule has 2 aromatic rings. The van der Waals surface area contributed by atoms with Gasteiger partial charge in [0.1, 0.15) is 5.82 Å². The monoisotopic (exact) mass is 412 g/mol. The van der Waals surface area contributed by atoms with Crippen LogP contribution in [0.2, 0.25) is 0 Å². The third-order valence-corrected chi connectivity index (χ3v) is 5.28. The van der Waals surface area contributed by atoms with Gasteiger partial charge in [0.05, 0.1) is 18.0 Å². The molecule has 30 heavy (non-hydrogen) atoms. The van der Waals surface area contributed by atoms with E-state index in [1.165, 1.54) is 0 Å². The van der Waals surface area contributed by atoms with Crippen LogP contribution in [0.3, 0.4) is 0 Å². The van der Waals surface area contributed by atoms with Crippen LogP contribution in [0.1, 0.15) is 55.7 Å². The largest absolute Gasteiger partial charge is 0.380 e. The molecular weight excluding hydrogens is 380 g/mol. The summed E-state index contributed by atoms with van der Waals surface area (Å²) in [5.74, 6) is 0.967. The van der Waals surface area contributed by atoms with E-state index in [9.17, 15) is 4.79 Å². The summed E-state index contributed by atoms with van der Waals surface area (Å²) < 4.78 is 5.28. The first-order valence-electron chi connectivity index (χ1n) is 10.7. The molecule has 1 fully saturated rings. The maximum Gasteiger partial charge on any atom is 0.289 e. The number of amidine groups is 1. The number of hydrogen-bond acceptors (Lipinski definition) is 6. The molecule has 1 amide bonds. The van der Waals surface area contributed by atoms with E-state index < -0.39 is 0 Å². The van der Waals surface area contributed by atoms with Crippen molar-refractivity contribution in [3.05, 3.63) is 29.6 Å². The minimum atomic E-state index is -0.311. The van der Waals surface area contributed by atoms with Gasteiger partial charge in [0.25, 0.3) is 5.91 Å². The maximum atomic E-state index is 12.6. The number of benzene rings is 1. The molecule has 0 aliphatic heterocycles. The van der Waals surface area contributed by atoms with Gasteiger partial charge < -0.3 is 20.7 Å². The molecule has 8 nitrogen and oxygen atoms in total. The molecule has 162 valence electrons. The first kappa shape index (κ1) is 22.0. The second-order valence-electron chi connectivity index (χ2n) is 7.78. The number of carbonyl (C=O) groups excluding carboxylic acids is 1. The number of aromatic nitrogens is 2. The van der Waals surface area contributed by atoms with Gasteiger partial charge in [-0.25, -0.2) is 9.97 Å². The normalized spacial score (nSPS) is 18.8. The average Bonchev–Trinajstić information content (AvgIpc) is 2.72. The first-order chi connectivity index (χ1) is 14.5. The topological polar surface area (TPSA) is 112 Å². The molecule has 4 N–H and O–H groups in total. The second kappa shape index (κ2) is 10.3. The van der Waals surface area contributed by atoms with Gasteiger partial charge in [-0.1, -0.05) is 24.5 Å². The summed E-state index contributed by atoms with van der Waals surface area (Å²) in [4.78, 5) is 21.7. The van der Waals surface area contributed by atoms with Gasteiger partial charge in [0.2, 0.25) is 5.82 Å². The number of rotatable bonds is 8. The predicted octanol–water partition coefficient (Wildman–Crippen LogP) is 3.01. The van der Waals surface area contributed by atoms with E-state index in [0.717, 1.165) is 42.1 Å². The molecule has 1 heterocycles. The van der Waals surface area contributed by atoms with Crippen molar-refractivity contribution in [3.8, 4) is 0 Å². The quantitative estimate of drug-likeness (QED) is 0.301. The minimum Gasteiger partial charge on any atom is -0.380 e. The highest BCUT2D eigenvalue weighted by Crippen LogP contribution is 2.27. The molecule has 0 bridgehead atoms. The fraction of sp³-hybridized carbons (Fsp3) is 0.545. The van der Waals surface area contributed by atoms with E-state index in [1.807, 2.05) is 32.0 Å². The highest BCUT2D eigenvalue weighted by Gasteiger charge is 2.26. The highest BCUT2D eigenvalue weighted by molar-refractivity contribution is 5.96. The van der Waals surface area contributed by atoms with Crippen molar-refractivity contribution in [1.82, 2.24) is 20.6 Å². The lowest BCUT2D eigenvalue weighted by Crippen LogP contribution is -2.48. The van der Waals surface area contributed by atoms with Gasteiger partial charge in [-0.15, -0.1) is 0 Å². The van der Waals surface area contributed by atoms with Crippen molar-refractivity contribution in [2.75, 3.05) is 25.1 Å². The number of aryl methyl sites for hydroxylation is 1. The number of nitrogens with zero attached hydrogens (tertiary/aromatic N) is 2. The third-order valence-electron chi connectivity index (χ3n) is 5.28. The number of carbonyl (C=O) groups is 1. The number of ether oxygens (including phenoxy) is 1. The standard InChI is InChI=1S/C22H32N6O2/c1-4-30-12-11-24-22(29)21-26-17-10-9-14(2)13-16(17)20(28-21)27-19-8-6-5-7-18(19)25-15(3)23/h9-10,13,18-19H,4-8,11-12H2,1-3H3,(H2,23,25)(H,24,29)(H,26,27,28)/t18-,19+/m1/s1. The van der Waals surface area contributed by atoms with Gasteiger partial charge in [-0.2, -0.15) is 0 Å². The Morgan fingerprint density at radius 1 is 1.23 bits per heavy atom. The van der Waals surface area contributed by atoms with E-state index in [2.05, 4.69) is 25.9 Å². The molecule has 1 aromatic heterocycles. The summed E-state index contributed by atoms with van der Waals surface area (Å²) >= 11 is 0. The van der Waals surface area contributed by atoms with Crippen LogP contribution in [0, 0.1) is 12.3 Å². The van der Waals surface area contributed by atoms with E-state index in [4.69, 9.17) is 10.1 Å². The number of fused-ring (bicyclic) bond motifs is 1. The maximum absolute atomic E-state index is 12.6. The highest BCUT2D eigenvalue weighted by atomic mass is 16.5. The lowest BCUT2D eigenvalue weighted by Gasteiger charge is -2.33. The van der Waals surface area contributed by atoms with Crippen LogP contribution >= 0.6 is 0 Å². The van der Waals surface area contributed by atoms with Crippen LogP contribution < -0.4 is 16.0 Å². The van der Waals surface area contributed by atoms with Crippen molar-refractivity contribution < 1.29 is 9.53 Å². The Kier molecular flexibility index (Phi) is 7.57.